The molecule has 5 aromatic rings. The van der Waals surface area contributed by atoms with Crippen molar-refractivity contribution in [3.8, 4) is 33.5 Å². The minimum Gasteiger partial charge on any atom is -0.255 e. The van der Waals surface area contributed by atoms with Gasteiger partial charge in [-0.1, -0.05) is 158 Å². The average Bonchev–Trinajstić information content (AvgIpc) is 3.36. The van der Waals surface area contributed by atoms with Crippen molar-refractivity contribution in [1.29, 1.82) is 0 Å². The summed E-state index contributed by atoms with van der Waals surface area (Å²) < 4.78 is 1.02. The second-order valence-electron chi connectivity index (χ2n) is 13.5. The van der Waals surface area contributed by atoms with E-state index in [0.717, 1.165) is 10.2 Å². The molecule has 0 radical (unpaired) electrons. The average molecular weight is 673 g/mol. The lowest BCUT2D eigenvalue weighted by Crippen LogP contribution is -2.25. The smallest absolute Gasteiger partial charge is 0.0702 e. The van der Waals surface area contributed by atoms with Gasteiger partial charge in [-0.15, -0.1) is 0 Å². The SMILES string of the molecule is CCCCCCCCC1(CCCCCCCC)c2cc(-c3ccc(Br)cn3)ccc2-c2ccc(-c3cccc4ccccc34)cc21. The standard InChI is InChI=1S/C44H50BrN/c1-3-5-7-9-11-15-28-44(29-16-12-10-8-6-4-2)41-30-34(38-21-17-19-33-18-13-14-20-37(33)38)22-25-39(41)40-26-23-35(31-42(40)44)43-27-24-36(45)32-46-43/h13-14,17-27,30-32H,3-12,15-16,28-29H2,1-2H3. The van der Waals surface area contributed by atoms with Crippen molar-refractivity contribution in [2.24, 2.45) is 0 Å². The van der Waals surface area contributed by atoms with Crippen molar-refractivity contribution in [2.75, 3.05) is 0 Å². The predicted molar refractivity (Wildman–Crippen MR) is 203 cm³/mol. The molecule has 46 heavy (non-hydrogen) atoms. The van der Waals surface area contributed by atoms with E-state index in [-0.39, 0.29) is 5.41 Å². The fourth-order valence-corrected chi connectivity index (χ4v) is 8.16. The summed E-state index contributed by atoms with van der Waals surface area (Å²) in [6, 6.07) is 34.5. The summed E-state index contributed by atoms with van der Waals surface area (Å²) in [5.74, 6) is 0. The first kappa shape index (κ1) is 32.7. The van der Waals surface area contributed by atoms with Gasteiger partial charge in [-0.3, -0.25) is 4.98 Å². The van der Waals surface area contributed by atoms with Gasteiger partial charge in [-0.05, 0) is 97.2 Å². The third kappa shape index (κ3) is 7.03. The van der Waals surface area contributed by atoms with E-state index in [2.05, 4.69) is 121 Å². The third-order valence-corrected chi connectivity index (χ3v) is 10.9. The Hall–Kier alpha value is -3.23. The molecule has 4 aromatic carbocycles. The molecule has 0 amide bonds. The van der Waals surface area contributed by atoms with Crippen LogP contribution in [-0.2, 0) is 5.41 Å². The lowest BCUT2D eigenvalue weighted by Gasteiger charge is -2.33. The number of hydrogen-bond acceptors (Lipinski definition) is 1. The van der Waals surface area contributed by atoms with Gasteiger partial charge >= 0.3 is 0 Å². The van der Waals surface area contributed by atoms with Gasteiger partial charge in [0.1, 0.15) is 0 Å². The molecule has 0 aliphatic heterocycles. The van der Waals surface area contributed by atoms with Crippen LogP contribution in [0.15, 0.2) is 102 Å². The number of nitrogens with zero attached hydrogens (tertiary/aromatic N) is 1. The highest BCUT2D eigenvalue weighted by Gasteiger charge is 2.42. The van der Waals surface area contributed by atoms with Crippen molar-refractivity contribution in [3.05, 3.63) is 113 Å². The molecule has 238 valence electrons. The van der Waals surface area contributed by atoms with E-state index in [4.69, 9.17) is 4.98 Å². The topological polar surface area (TPSA) is 12.9 Å². The normalized spacial score (nSPS) is 13.2. The van der Waals surface area contributed by atoms with Gasteiger partial charge < -0.3 is 0 Å². The zero-order valence-electron chi connectivity index (χ0n) is 28.0. The molecular formula is C44H50BrN. The maximum atomic E-state index is 4.81. The Morgan fingerprint density at radius 1 is 0.543 bits per heavy atom. The monoisotopic (exact) mass is 671 g/mol. The van der Waals surface area contributed by atoms with Crippen LogP contribution in [0, 0.1) is 0 Å². The highest BCUT2D eigenvalue weighted by Crippen LogP contribution is 2.56. The van der Waals surface area contributed by atoms with Crippen molar-refractivity contribution in [2.45, 2.75) is 109 Å². The molecule has 2 heteroatoms. The first-order chi connectivity index (χ1) is 22.6. The van der Waals surface area contributed by atoms with Crippen molar-refractivity contribution >= 4 is 26.7 Å². The summed E-state index contributed by atoms with van der Waals surface area (Å²) in [5.41, 5.74) is 10.9. The van der Waals surface area contributed by atoms with Crippen molar-refractivity contribution < 1.29 is 0 Å². The molecule has 0 spiro atoms. The predicted octanol–water partition coefficient (Wildman–Crippen LogP) is 14.1. The summed E-state index contributed by atoms with van der Waals surface area (Å²) in [4.78, 5) is 4.81. The maximum Gasteiger partial charge on any atom is 0.0702 e. The molecule has 1 aliphatic carbocycles. The quantitative estimate of drug-likeness (QED) is 0.0951. The van der Waals surface area contributed by atoms with Gasteiger partial charge in [0.05, 0.1) is 5.69 Å². The number of aromatic nitrogens is 1. The van der Waals surface area contributed by atoms with Crippen LogP contribution in [0.5, 0.6) is 0 Å². The summed E-state index contributed by atoms with van der Waals surface area (Å²) in [7, 11) is 0. The Morgan fingerprint density at radius 3 is 1.78 bits per heavy atom. The minimum absolute atomic E-state index is 0.0200. The van der Waals surface area contributed by atoms with Crippen LogP contribution in [0.4, 0.5) is 0 Å². The lowest BCUT2D eigenvalue weighted by atomic mass is 9.70. The van der Waals surface area contributed by atoms with E-state index in [0.29, 0.717) is 0 Å². The number of fused-ring (bicyclic) bond motifs is 4. The minimum atomic E-state index is 0.0200. The van der Waals surface area contributed by atoms with Gasteiger partial charge in [0.15, 0.2) is 0 Å². The molecule has 0 atom stereocenters. The Kier molecular flexibility index (Phi) is 11.1. The van der Waals surface area contributed by atoms with Crippen LogP contribution in [0.3, 0.4) is 0 Å². The second kappa shape index (κ2) is 15.6. The zero-order chi connectivity index (χ0) is 31.8. The number of halogens is 1. The largest absolute Gasteiger partial charge is 0.255 e. The molecule has 1 aromatic heterocycles. The zero-order valence-corrected chi connectivity index (χ0v) is 29.5. The second-order valence-corrected chi connectivity index (χ2v) is 14.4. The highest BCUT2D eigenvalue weighted by molar-refractivity contribution is 9.10. The lowest BCUT2D eigenvalue weighted by molar-refractivity contribution is 0.398. The van der Waals surface area contributed by atoms with E-state index in [1.54, 1.807) is 5.56 Å². The van der Waals surface area contributed by atoms with Gasteiger partial charge in [0, 0.05) is 21.6 Å². The summed E-state index contributed by atoms with van der Waals surface area (Å²) >= 11 is 3.59. The fourth-order valence-electron chi connectivity index (χ4n) is 7.92. The highest BCUT2D eigenvalue weighted by atomic mass is 79.9. The maximum absolute atomic E-state index is 4.81. The molecule has 1 heterocycles. The number of benzene rings is 4. The van der Waals surface area contributed by atoms with E-state index in [1.165, 1.54) is 134 Å². The van der Waals surface area contributed by atoms with E-state index in [9.17, 15) is 0 Å². The molecule has 0 fully saturated rings. The van der Waals surface area contributed by atoms with Crippen LogP contribution in [0.25, 0.3) is 44.3 Å². The van der Waals surface area contributed by atoms with E-state index >= 15 is 0 Å². The molecule has 1 nitrogen and oxygen atoms in total. The first-order valence-corrected chi connectivity index (χ1v) is 18.8. The number of unbranched alkanes of at least 4 members (excludes halogenated alkanes) is 10. The van der Waals surface area contributed by atoms with Crippen LogP contribution in [-0.4, -0.2) is 4.98 Å². The summed E-state index contributed by atoms with van der Waals surface area (Å²) in [5, 5.41) is 2.64. The molecule has 0 unspecified atom stereocenters. The Labute approximate surface area is 286 Å². The molecular weight excluding hydrogens is 622 g/mol. The Bertz CT molecular complexity index is 1710. The molecule has 0 saturated heterocycles. The van der Waals surface area contributed by atoms with E-state index < -0.39 is 0 Å². The number of hydrogen-bond donors (Lipinski definition) is 0. The molecule has 1 aliphatic rings. The Morgan fingerprint density at radius 2 is 1.13 bits per heavy atom. The number of rotatable bonds is 16. The summed E-state index contributed by atoms with van der Waals surface area (Å²) in [6.45, 7) is 4.63. The Balaban J connectivity index is 1.45. The van der Waals surface area contributed by atoms with Crippen LogP contribution < -0.4 is 0 Å². The molecule has 6 rings (SSSR count). The molecule has 0 bridgehead atoms. The van der Waals surface area contributed by atoms with Crippen molar-refractivity contribution in [1.82, 2.24) is 4.98 Å². The van der Waals surface area contributed by atoms with Gasteiger partial charge in [0.2, 0.25) is 0 Å². The number of pyridine rings is 1. The van der Waals surface area contributed by atoms with Gasteiger partial charge in [-0.2, -0.15) is 0 Å². The van der Waals surface area contributed by atoms with Crippen LogP contribution in [0.2, 0.25) is 0 Å². The first-order valence-electron chi connectivity index (χ1n) is 18.0. The van der Waals surface area contributed by atoms with Gasteiger partial charge in [0.25, 0.3) is 0 Å². The van der Waals surface area contributed by atoms with Gasteiger partial charge in [-0.25, -0.2) is 0 Å². The molecule has 0 saturated carbocycles. The third-order valence-electron chi connectivity index (χ3n) is 10.4. The molecule has 0 N–H and O–H groups in total. The van der Waals surface area contributed by atoms with Crippen molar-refractivity contribution in [3.63, 3.8) is 0 Å². The van der Waals surface area contributed by atoms with Crippen LogP contribution >= 0.6 is 15.9 Å². The summed E-state index contributed by atoms with van der Waals surface area (Å²) in [6.07, 6.45) is 20.3. The van der Waals surface area contributed by atoms with E-state index in [1.807, 2.05) is 6.20 Å². The van der Waals surface area contributed by atoms with Crippen LogP contribution in [0.1, 0.15) is 115 Å². The fraction of sp³-hybridized carbons (Fsp3) is 0.386.